The lowest BCUT2D eigenvalue weighted by atomic mass is 10.2. The van der Waals surface area contributed by atoms with Gasteiger partial charge in [0.1, 0.15) is 5.75 Å². The zero-order valence-electron chi connectivity index (χ0n) is 9.91. The Morgan fingerprint density at radius 2 is 2.15 bits per heavy atom. The molecule has 100 valence electrons. The van der Waals surface area contributed by atoms with E-state index in [1.165, 1.54) is 24.5 Å². The fourth-order valence-corrected chi connectivity index (χ4v) is 2.21. The molecule has 7 nitrogen and oxygen atoms in total. The Labute approximate surface area is 127 Å². The summed E-state index contributed by atoms with van der Waals surface area (Å²) >= 11 is 1.87. The average molecular weight is 382 g/mol. The predicted molar refractivity (Wildman–Crippen MR) is 79.3 cm³/mol. The summed E-state index contributed by atoms with van der Waals surface area (Å²) in [7, 11) is 0. The first-order valence-electron chi connectivity index (χ1n) is 5.27. The second kappa shape index (κ2) is 5.70. The Morgan fingerprint density at radius 3 is 2.75 bits per heavy atom. The predicted octanol–water partition coefficient (Wildman–Crippen LogP) is 2.84. The molecule has 0 atom stereocenters. The number of hydrogen-bond acceptors (Lipinski definition) is 6. The number of nitrogen functional groups attached to an aromatic ring is 1. The average Bonchev–Trinajstić information content (AvgIpc) is 2.40. The highest BCUT2D eigenvalue weighted by atomic mass is 127. The number of nitro groups is 1. The number of rotatable bonds is 3. The Hall–Kier alpha value is -2.41. The number of pyridine rings is 1. The molecule has 2 N–H and O–H groups in total. The lowest BCUT2D eigenvalue weighted by molar-refractivity contribution is -0.385. The number of benzene rings is 1. The Kier molecular flexibility index (Phi) is 3.99. The lowest BCUT2D eigenvalue weighted by Crippen LogP contribution is -1.98. The molecule has 20 heavy (non-hydrogen) atoms. The van der Waals surface area contributed by atoms with Gasteiger partial charge in [-0.2, -0.15) is 5.26 Å². The van der Waals surface area contributed by atoms with Crippen LogP contribution in [0.25, 0.3) is 0 Å². The molecule has 1 heterocycles. The van der Waals surface area contributed by atoms with Gasteiger partial charge in [0.15, 0.2) is 0 Å². The van der Waals surface area contributed by atoms with Gasteiger partial charge >= 0.3 is 5.69 Å². The fraction of sp³-hybridized carbons (Fsp3) is 0. The van der Waals surface area contributed by atoms with Gasteiger partial charge in [-0.15, -0.1) is 0 Å². The van der Waals surface area contributed by atoms with Crippen molar-refractivity contribution in [3.63, 3.8) is 0 Å². The smallest absolute Gasteiger partial charge is 0.314 e. The maximum Gasteiger partial charge on any atom is 0.314 e. The summed E-state index contributed by atoms with van der Waals surface area (Å²) in [5.41, 5.74) is 5.87. The van der Waals surface area contributed by atoms with Crippen molar-refractivity contribution in [2.45, 2.75) is 0 Å². The van der Waals surface area contributed by atoms with Crippen molar-refractivity contribution in [3.05, 3.63) is 49.8 Å². The van der Waals surface area contributed by atoms with Crippen LogP contribution in [0.15, 0.2) is 30.6 Å². The molecule has 8 heteroatoms. The van der Waals surface area contributed by atoms with Gasteiger partial charge in [0.05, 0.1) is 38.2 Å². The van der Waals surface area contributed by atoms with Crippen LogP contribution in [0.5, 0.6) is 11.5 Å². The highest BCUT2D eigenvalue weighted by Crippen LogP contribution is 2.36. The Balaban J connectivity index is 2.51. The van der Waals surface area contributed by atoms with Gasteiger partial charge in [0, 0.05) is 12.1 Å². The van der Waals surface area contributed by atoms with Crippen molar-refractivity contribution in [2.24, 2.45) is 0 Å². The van der Waals surface area contributed by atoms with E-state index < -0.39 is 4.92 Å². The minimum Gasteiger partial charge on any atom is -0.447 e. The first-order valence-corrected chi connectivity index (χ1v) is 6.35. The number of nitrogens with zero attached hydrogens (tertiary/aromatic N) is 3. The number of ether oxygens (including phenoxy) is 1. The monoisotopic (exact) mass is 382 g/mol. The quantitative estimate of drug-likeness (QED) is 0.496. The summed E-state index contributed by atoms with van der Waals surface area (Å²) in [5, 5.41) is 19.9. The van der Waals surface area contributed by atoms with Crippen molar-refractivity contribution >= 4 is 34.0 Å². The summed E-state index contributed by atoms with van der Waals surface area (Å²) in [6.45, 7) is 0. The topological polar surface area (TPSA) is 115 Å². The van der Waals surface area contributed by atoms with Gasteiger partial charge in [-0.3, -0.25) is 15.1 Å². The van der Waals surface area contributed by atoms with Crippen molar-refractivity contribution in [1.82, 2.24) is 4.98 Å². The molecule has 1 aromatic carbocycles. The van der Waals surface area contributed by atoms with Crippen molar-refractivity contribution in [2.75, 3.05) is 5.73 Å². The molecule has 0 saturated heterocycles. The van der Waals surface area contributed by atoms with Crippen molar-refractivity contribution in [1.29, 1.82) is 5.26 Å². The number of nitrogens with two attached hydrogens (primary N) is 1. The number of nitriles is 1. The maximum atomic E-state index is 11.1. The number of halogens is 1. The highest BCUT2D eigenvalue weighted by Gasteiger charge is 2.21. The molecule has 0 amide bonds. The van der Waals surface area contributed by atoms with E-state index in [4.69, 9.17) is 15.7 Å². The summed E-state index contributed by atoms with van der Waals surface area (Å²) in [4.78, 5) is 14.3. The molecule has 0 fully saturated rings. The summed E-state index contributed by atoms with van der Waals surface area (Å²) < 4.78 is 5.94. The Bertz CT molecular complexity index is 727. The molecule has 2 aromatic rings. The molecule has 0 unspecified atom stereocenters. The van der Waals surface area contributed by atoms with Gasteiger partial charge < -0.3 is 10.5 Å². The van der Waals surface area contributed by atoms with Crippen molar-refractivity contribution in [3.8, 4) is 17.6 Å². The van der Waals surface area contributed by atoms with Gasteiger partial charge in [-0.05, 0) is 28.7 Å². The third kappa shape index (κ3) is 2.94. The molecule has 0 saturated carbocycles. The molecule has 0 radical (unpaired) electrons. The SMILES string of the molecule is N#Cc1cc(I)c(Oc2cncc(N)c2)c([N+](=O)[O-])c1. The fourth-order valence-electron chi connectivity index (χ4n) is 1.49. The van der Waals surface area contributed by atoms with E-state index in [9.17, 15) is 10.1 Å². The van der Waals surface area contributed by atoms with E-state index >= 15 is 0 Å². The summed E-state index contributed by atoms with van der Waals surface area (Å²) in [5.74, 6) is 0.345. The van der Waals surface area contributed by atoms with E-state index in [1.54, 1.807) is 0 Å². The minimum absolute atomic E-state index is 0.0574. The van der Waals surface area contributed by atoms with E-state index in [0.717, 1.165) is 6.07 Å². The first kappa shape index (κ1) is 14.0. The first-order chi connectivity index (χ1) is 9.51. The van der Waals surface area contributed by atoms with Gasteiger partial charge in [0.25, 0.3) is 0 Å². The molecule has 0 aliphatic heterocycles. The third-order valence-electron chi connectivity index (χ3n) is 2.30. The zero-order valence-corrected chi connectivity index (χ0v) is 12.1. The number of hydrogen-bond donors (Lipinski definition) is 1. The molecule has 1 aromatic heterocycles. The van der Waals surface area contributed by atoms with Crippen LogP contribution < -0.4 is 10.5 Å². The van der Waals surface area contributed by atoms with Crippen LogP contribution >= 0.6 is 22.6 Å². The second-order valence-corrected chi connectivity index (χ2v) is 4.89. The molecule has 2 rings (SSSR count). The van der Waals surface area contributed by atoms with Crippen LogP contribution in [-0.4, -0.2) is 9.91 Å². The largest absolute Gasteiger partial charge is 0.447 e. The zero-order chi connectivity index (χ0) is 14.7. The van der Waals surface area contributed by atoms with Gasteiger partial charge in [-0.25, -0.2) is 0 Å². The molecule has 0 aliphatic rings. The van der Waals surface area contributed by atoms with E-state index in [2.05, 4.69) is 4.98 Å². The normalized spacial score (nSPS) is 9.80. The third-order valence-corrected chi connectivity index (χ3v) is 3.11. The van der Waals surface area contributed by atoms with Crippen LogP contribution in [0.3, 0.4) is 0 Å². The number of anilines is 1. The van der Waals surface area contributed by atoms with Crippen LogP contribution in [0.2, 0.25) is 0 Å². The minimum atomic E-state index is -0.599. The lowest BCUT2D eigenvalue weighted by Gasteiger charge is -2.08. The number of nitro benzene ring substituents is 1. The molecular formula is C12H7IN4O3. The van der Waals surface area contributed by atoms with Gasteiger partial charge in [-0.1, -0.05) is 0 Å². The molecular weight excluding hydrogens is 375 g/mol. The van der Waals surface area contributed by atoms with Crippen LogP contribution in [-0.2, 0) is 0 Å². The van der Waals surface area contributed by atoms with Crippen LogP contribution in [0, 0.1) is 25.0 Å². The second-order valence-electron chi connectivity index (χ2n) is 3.73. The van der Waals surface area contributed by atoms with E-state index in [1.807, 2.05) is 28.7 Å². The maximum absolute atomic E-state index is 11.1. The number of aromatic nitrogens is 1. The summed E-state index contributed by atoms with van der Waals surface area (Å²) in [6, 6.07) is 6.04. The highest BCUT2D eigenvalue weighted by molar-refractivity contribution is 14.1. The van der Waals surface area contributed by atoms with Gasteiger partial charge in [0.2, 0.25) is 5.75 Å². The van der Waals surface area contributed by atoms with Crippen LogP contribution in [0.1, 0.15) is 5.56 Å². The Morgan fingerprint density at radius 1 is 1.40 bits per heavy atom. The van der Waals surface area contributed by atoms with E-state index in [-0.39, 0.29) is 22.7 Å². The summed E-state index contributed by atoms with van der Waals surface area (Å²) in [6.07, 6.45) is 2.83. The van der Waals surface area contributed by atoms with Crippen LogP contribution in [0.4, 0.5) is 11.4 Å². The van der Waals surface area contributed by atoms with Crippen molar-refractivity contribution < 1.29 is 9.66 Å². The molecule has 0 bridgehead atoms. The van der Waals surface area contributed by atoms with E-state index in [0.29, 0.717) is 9.26 Å². The molecule has 0 spiro atoms. The standard InChI is InChI=1S/C12H7IN4O3/c13-10-1-7(4-14)2-11(17(18)19)12(10)20-9-3-8(15)5-16-6-9/h1-3,5-6H,15H2. The molecule has 0 aliphatic carbocycles.